The van der Waals surface area contributed by atoms with Crippen molar-refractivity contribution in [3.8, 4) is 0 Å². The number of carbonyl (C=O) groups is 2. The minimum atomic E-state index is -0.544. The molecule has 1 aromatic heterocycles. The van der Waals surface area contributed by atoms with Crippen molar-refractivity contribution < 1.29 is 14.5 Å². The molecule has 0 saturated carbocycles. The molecule has 0 radical (unpaired) electrons. The van der Waals surface area contributed by atoms with Gasteiger partial charge in [-0.25, -0.2) is 5.43 Å². The summed E-state index contributed by atoms with van der Waals surface area (Å²) in [7, 11) is 0. The second kappa shape index (κ2) is 9.10. The Morgan fingerprint density at radius 3 is 2.37 bits per heavy atom. The molecule has 0 spiro atoms. The van der Waals surface area contributed by atoms with Gasteiger partial charge in [-0.1, -0.05) is 24.3 Å². The summed E-state index contributed by atoms with van der Waals surface area (Å²) in [6.07, 6.45) is 0. The number of rotatable bonds is 6. The molecule has 2 N–H and O–H groups in total. The number of nitrogens with zero attached hydrogens (tertiary/aromatic N) is 2. The van der Waals surface area contributed by atoms with Gasteiger partial charge in [0.2, 0.25) is 0 Å². The highest BCUT2D eigenvalue weighted by Crippen LogP contribution is 2.19. The van der Waals surface area contributed by atoms with Gasteiger partial charge in [0.05, 0.1) is 15.5 Å². The maximum Gasteiger partial charge on any atom is 0.273 e. The van der Waals surface area contributed by atoms with E-state index >= 15 is 0 Å². The van der Waals surface area contributed by atoms with Crippen LogP contribution in [0.15, 0.2) is 65.1 Å². The van der Waals surface area contributed by atoms with E-state index in [4.69, 9.17) is 0 Å². The van der Waals surface area contributed by atoms with Gasteiger partial charge in [-0.05, 0) is 49.1 Å². The lowest BCUT2D eigenvalue weighted by molar-refractivity contribution is -0.385. The number of carbonyl (C=O) groups excluding carboxylic acids is 2. The van der Waals surface area contributed by atoms with E-state index in [9.17, 15) is 19.7 Å². The Hall–Kier alpha value is -3.85. The highest BCUT2D eigenvalue weighted by molar-refractivity contribution is 7.12. The standard InChI is InChI=1S/C21H18N4O4S/c1-13-5-6-16(12-18(13)25(28)29)20(26)24-23-14(2)15-7-9-17(10-8-15)22-21(27)19-4-3-11-30-19/h3-12H,1-2H3,(H,22,27)(H,24,26)/b23-14-. The average Bonchev–Trinajstić information content (AvgIpc) is 3.27. The zero-order chi connectivity index (χ0) is 21.7. The summed E-state index contributed by atoms with van der Waals surface area (Å²) in [5, 5.41) is 19.7. The van der Waals surface area contributed by atoms with Crippen molar-refractivity contribution in [2.75, 3.05) is 5.32 Å². The third kappa shape index (κ3) is 4.95. The molecule has 8 nitrogen and oxygen atoms in total. The van der Waals surface area contributed by atoms with Crippen LogP contribution in [0.1, 0.15) is 38.1 Å². The number of thiophene rings is 1. The van der Waals surface area contributed by atoms with Gasteiger partial charge < -0.3 is 5.32 Å². The molecule has 9 heteroatoms. The topological polar surface area (TPSA) is 114 Å². The monoisotopic (exact) mass is 422 g/mol. The fraction of sp³-hybridized carbons (Fsp3) is 0.0952. The number of nitro groups is 1. The van der Waals surface area contributed by atoms with E-state index in [1.54, 1.807) is 44.2 Å². The van der Waals surface area contributed by atoms with Crippen molar-refractivity contribution in [2.45, 2.75) is 13.8 Å². The predicted molar refractivity (Wildman–Crippen MR) is 116 cm³/mol. The molecule has 0 unspecified atom stereocenters. The SMILES string of the molecule is C/C(=N/NC(=O)c1ccc(C)c([N+](=O)[O-])c1)c1ccc(NC(=O)c2cccs2)cc1. The van der Waals surface area contributed by atoms with Crippen LogP contribution in [-0.2, 0) is 0 Å². The first-order valence-corrected chi connectivity index (χ1v) is 9.78. The molecule has 2 aromatic carbocycles. The first kappa shape index (κ1) is 20.9. The molecular formula is C21H18N4O4S. The molecule has 152 valence electrons. The summed E-state index contributed by atoms with van der Waals surface area (Å²) in [4.78, 5) is 35.5. The number of nitro benzene ring substituents is 1. The summed E-state index contributed by atoms with van der Waals surface area (Å²) in [6.45, 7) is 3.33. The van der Waals surface area contributed by atoms with Crippen molar-refractivity contribution in [2.24, 2.45) is 5.10 Å². The van der Waals surface area contributed by atoms with Crippen LogP contribution in [0.25, 0.3) is 0 Å². The van der Waals surface area contributed by atoms with Gasteiger partial charge in [-0.15, -0.1) is 11.3 Å². The van der Waals surface area contributed by atoms with E-state index in [1.807, 2.05) is 11.4 Å². The third-order valence-electron chi connectivity index (χ3n) is 4.30. The van der Waals surface area contributed by atoms with Gasteiger partial charge >= 0.3 is 0 Å². The molecular weight excluding hydrogens is 404 g/mol. The van der Waals surface area contributed by atoms with Gasteiger partial charge in [0.25, 0.3) is 17.5 Å². The lowest BCUT2D eigenvalue weighted by Crippen LogP contribution is -2.19. The zero-order valence-corrected chi connectivity index (χ0v) is 17.0. The summed E-state index contributed by atoms with van der Waals surface area (Å²) < 4.78 is 0. The van der Waals surface area contributed by atoms with Crippen molar-refractivity contribution in [1.82, 2.24) is 5.43 Å². The normalized spacial score (nSPS) is 11.1. The highest BCUT2D eigenvalue weighted by Gasteiger charge is 2.15. The minimum absolute atomic E-state index is 0.122. The van der Waals surface area contributed by atoms with E-state index in [0.717, 1.165) is 5.56 Å². The van der Waals surface area contributed by atoms with Gasteiger partial charge in [0.1, 0.15) is 0 Å². The number of aryl methyl sites for hydroxylation is 1. The van der Waals surface area contributed by atoms with Crippen molar-refractivity contribution in [3.63, 3.8) is 0 Å². The van der Waals surface area contributed by atoms with E-state index in [2.05, 4.69) is 15.8 Å². The maximum atomic E-state index is 12.3. The number of benzene rings is 2. The van der Waals surface area contributed by atoms with Gasteiger partial charge in [-0.2, -0.15) is 5.10 Å². The summed E-state index contributed by atoms with van der Waals surface area (Å²) in [6, 6.07) is 14.8. The number of nitrogens with one attached hydrogen (secondary N) is 2. The van der Waals surface area contributed by atoms with E-state index in [1.165, 1.54) is 29.5 Å². The van der Waals surface area contributed by atoms with Crippen LogP contribution in [0.4, 0.5) is 11.4 Å². The zero-order valence-electron chi connectivity index (χ0n) is 16.2. The molecule has 0 aliphatic rings. The summed E-state index contributed by atoms with van der Waals surface area (Å²) in [5.41, 5.74) is 4.84. The van der Waals surface area contributed by atoms with Crippen LogP contribution >= 0.6 is 11.3 Å². The Morgan fingerprint density at radius 1 is 1.03 bits per heavy atom. The Balaban J connectivity index is 1.65. The minimum Gasteiger partial charge on any atom is -0.321 e. The van der Waals surface area contributed by atoms with Crippen molar-refractivity contribution >= 4 is 40.2 Å². The van der Waals surface area contributed by atoms with Crippen LogP contribution in [0.2, 0.25) is 0 Å². The van der Waals surface area contributed by atoms with E-state index in [-0.39, 0.29) is 17.2 Å². The van der Waals surface area contributed by atoms with Crippen LogP contribution in [-0.4, -0.2) is 22.4 Å². The molecule has 0 saturated heterocycles. The second-order valence-corrected chi connectivity index (χ2v) is 7.35. The predicted octanol–water partition coefficient (Wildman–Crippen LogP) is 4.37. The molecule has 30 heavy (non-hydrogen) atoms. The van der Waals surface area contributed by atoms with Crippen molar-refractivity contribution in [1.29, 1.82) is 0 Å². The average molecular weight is 422 g/mol. The molecule has 0 aliphatic carbocycles. The van der Waals surface area contributed by atoms with Crippen LogP contribution in [0.3, 0.4) is 0 Å². The molecule has 1 heterocycles. The van der Waals surface area contributed by atoms with Crippen LogP contribution in [0.5, 0.6) is 0 Å². The van der Waals surface area contributed by atoms with Gasteiger partial charge in [0, 0.05) is 22.9 Å². The molecule has 0 bridgehead atoms. The van der Waals surface area contributed by atoms with E-state index < -0.39 is 10.8 Å². The lowest BCUT2D eigenvalue weighted by atomic mass is 10.1. The fourth-order valence-corrected chi connectivity index (χ4v) is 3.23. The van der Waals surface area contributed by atoms with Crippen LogP contribution < -0.4 is 10.7 Å². The quantitative estimate of drug-likeness (QED) is 0.349. The Kier molecular flexibility index (Phi) is 6.33. The van der Waals surface area contributed by atoms with Crippen molar-refractivity contribution in [3.05, 3.63) is 91.7 Å². The first-order valence-electron chi connectivity index (χ1n) is 8.90. The largest absolute Gasteiger partial charge is 0.321 e. The van der Waals surface area contributed by atoms with Crippen LogP contribution in [0, 0.1) is 17.0 Å². The Labute approximate surface area is 176 Å². The Bertz CT molecular complexity index is 1120. The maximum absolute atomic E-state index is 12.3. The summed E-state index contributed by atoms with van der Waals surface area (Å²) >= 11 is 1.36. The smallest absolute Gasteiger partial charge is 0.273 e. The van der Waals surface area contributed by atoms with Gasteiger partial charge in [-0.3, -0.25) is 19.7 Å². The number of hydrogen-bond donors (Lipinski definition) is 2. The highest BCUT2D eigenvalue weighted by atomic mass is 32.1. The van der Waals surface area contributed by atoms with Gasteiger partial charge in [0.15, 0.2) is 0 Å². The molecule has 3 rings (SSSR count). The Morgan fingerprint density at radius 2 is 1.73 bits per heavy atom. The number of hydrogen-bond acceptors (Lipinski definition) is 6. The third-order valence-corrected chi connectivity index (χ3v) is 5.17. The molecule has 0 fully saturated rings. The fourth-order valence-electron chi connectivity index (χ4n) is 2.61. The lowest BCUT2D eigenvalue weighted by Gasteiger charge is -2.06. The molecule has 2 amide bonds. The summed E-state index contributed by atoms with van der Waals surface area (Å²) in [5.74, 6) is -0.722. The molecule has 0 atom stereocenters. The molecule has 3 aromatic rings. The number of anilines is 1. The first-order chi connectivity index (χ1) is 14.3. The van der Waals surface area contributed by atoms with E-state index in [0.29, 0.717) is 21.8 Å². The molecule has 0 aliphatic heterocycles. The second-order valence-electron chi connectivity index (χ2n) is 6.41. The number of hydrazone groups is 1. The number of amides is 2.